The zero-order chi connectivity index (χ0) is 12.1. The topological polar surface area (TPSA) is 77.4 Å². The Kier molecular flexibility index (Phi) is 4.67. The highest BCUT2D eigenvalue weighted by Gasteiger charge is 1.99. The minimum atomic E-state index is -2.19. The minimum absolute atomic E-state index is 0.144. The molecule has 0 amide bonds. The maximum absolute atomic E-state index is 10.5. The summed E-state index contributed by atoms with van der Waals surface area (Å²) in [7, 11) is 0. The van der Waals surface area contributed by atoms with Crippen LogP contribution in [0.5, 0.6) is 0 Å². The Morgan fingerprint density at radius 3 is 2.75 bits per heavy atom. The van der Waals surface area contributed by atoms with E-state index in [0.29, 0.717) is 16.1 Å². The first-order valence-electron chi connectivity index (χ1n) is 4.24. The maximum Gasteiger partial charge on any atom is 0.328 e. The fourth-order valence-corrected chi connectivity index (χ4v) is 1.86. The summed E-state index contributed by atoms with van der Waals surface area (Å²) in [5.41, 5.74) is 1.07. The molecule has 0 saturated carbocycles. The molecule has 0 aliphatic rings. The van der Waals surface area contributed by atoms with Crippen molar-refractivity contribution in [3.63, 3.8) is 0 Å². The Hall–Kier alpha value is -1.17. The standard InChI is InChI=1S/C10H9ClO4S/c11-9-4-7(1-2-10(12)13)3-8(5-9)6-16(14)15/h1-5H,6H2,(H,12,13)(H,14,15)/p-1/b2-1+. The highest BCUT2D eigenvalue weighted by atomic mass is 35.5. The van der Waals surface area contributed by atoms with Gasteiger partial charge in [-0.05, 0) is 29.3 Å². The SMILES string of the molecule is O=C(O)/C=C/c1cc(Cl)cc(CS(=O)[O-])c1. The highest BCUT2D eigenvalue weighted by Crippen LogP contribution is 2.17. The molecule has 0 spiro atoms. The van der Waals surface area contributed by atoms with Gasteiger partial charge in [-0.1, -0.05) is 28.7 Å². The highest BCUT2D eigenvalue weighted by molar-refractivity contribution is 7.78. The van der Waals surface area contributed by atoms with E-state index in [1.54, 1.807) is 12.1 Å². The second kappa shape index (κ2) is 5.79. The van der Waals surface area contributed by atoms with Gasteiger partial charge in [0.25, 0.3) is 0 Å². The number of halogens is 1. The normalized spacial score (nSPS) is 12.9. The van der Waals surface area contributed by atoms with Crippen molar-refractivity contribution < 1.29 is 18.7 Å². The van der Waals surface area contributed by atoms with Crippen molar-refractivity contribution in [3.8, 4) is 0 Å². The third-order valence-electron chi connectivity index (χ3n) is 1.68. The van der Waals surface area contributed by atoms with Crippen LogP contribution < -0.4 is 0 Å². The summed E-state index contributed by atoms with van der Waals surface area (Å²) in [6.07, 6.45) is 2.31. The van der Waals surface area contributed by atoms with Crippen LogP contribution in [0.25, 0.3) is 6.08 Å². The van der Waals surface area contributed by atoms with Gasteiger partial charge < -0.3 is 9.66 Å². The Bertz CT molecular complexity index is 456. The van der Waals surface area contributed by atoms with Crippen LogP contribution in [0, 0.1) is 0 Å². The van der Waals surface area contributed by atoms with Gasteiger partial charge in [-0.2, -0.15) is 0 Å². The lowest BCUT2D eigenvalue weighted by molar-refractivity contribution is -0.131. The average molecular weight is 260 g/mol. The molecule has 0 aromatic heterocycles. The molecule has 1 N–H and O–H groups in total. The Labute approximate surface area is 99.8 Å². The summed E-state index contributed by atoms with van der Waals surface area (Å²) in [6.45, 7) is 0. The number of hydrogen-bond donors (Lipinski definition) is 1. The van der Waals surface area contributed by atoms with Crippen molar-refractivity contribution in [1.29, 1.82) is 0 Å². The van der Waals surface area contributed by atoms with Gasteiger partial charge in [-0.25, -0.2) is 4.79 Å². The fourth-order valence-electron chi connectivity index (χ4n) is 1.16. The molecule has 16 heavy (non-hydrogen) atoms. The van der Waals surface area contributed by atoms with Crippen LogP contribution >= 0.6 is 11.6 Å². The minimum Gasteiger partial charge on any atom is -0.772 e. The van der Waals surface area contributed by atoms with Crippen molar-refractivity contribution in [2.75, 3.05) is 0 Å². The first-order valence-corrected chi connectivity index (χ1v) is 5.86. The summed E-state index contributed by atoms with van der Waals surface area (Å²) < 4.78 is 21.0. The molecule has 0 saturated heterocycles. The molecule has 1 aromatic rings. The van der Waals surface area contributed by atoms with Gasteiger partial charge in [0.05, 0.1) is 0 Å². The molecule has 0 aliphatic heterocycles. The molecule has 6 heteroatoms. The summed E-state index contributed by atoms with van der Waals surface area (Å²) in [5.74, 6) is -1.22. The van der Waals surface area contributed by atoms with E-state index in [2.05, 4.69) is 0 Å². The molecule has 1 atom stereocenters. The van der Waals surface area contributed by atoms with Crippen LogP contribution in [0.4, 0.5) is 0 Å². The van der Waals surface area contributed by atoms with Gasteiger partial charge in [0, 0.05) is 16.9 Å². The quantitative estimate of drug-likeness (QED) is 0.661. The number of carboxylic acids is 1. The van der Waals surface area contributed by atoms with E-state index >= 15 is 0 Å². The third-order valence-corrected chi connectivity index (χ3v) is 2.47. The number of benzene rings is 1. The zero-order valence-electron chi connectivity index (χ0n) is 8.05. The van der Waals surface area contributed by atoms with Crippen LogP contribution in [-0.2, 0) is 21.6 Å². The molecule has 1 unspecified atom stereocenters. The van der Waals surface area contributed by atoms with Crippen LogP contribution in [-0.4, -0.2) is 19.8 Å². The predicted molar refractivity (Wildman–Crippen MR) is 60.7 cm³/mol. The number of hydrogen-bond acceptors (Lipinski definition) is 3. The molecule has 4 nitrogen and oxygen atoms in total. The average Bonchev–Trinajstić information content (AvgIpc) is 2.12. The molecular formula is C10H8ClO4S-. The van der Waals surface area contributed by atoms with Crippen LogP contribution in [0.15, 0.2) is 24.3 Å². The van der Waals surface area contributed by atoms with E-state index in [-0.39, 0.29) is 5.75 Å². The first kappa shape index (κ1) is 12.9. The number of carbonyl (C=O) groups is 1. The Morgan fingerprint density at radius 1 is 1.50 bits per heavy atom. The lowest BCUT2D eigenvalue weighted by atomic mass is 10.1. The largest absolute Gasteiger partial charge is 0.772 e. The van der Waals surface area contributed by atoms with Gasteiger partial charge in [0.1, 0.15) is 0 Å². The molecule has 1 rings (SSSR count). The smallest absolute Gasteiger partial charge is 0.328 e. The monoisotopic (exact) mass is 259 g/mol. The molecule has 0 heterocycles. The molecule has 0 bridgehead atoms. The summed E-state index contributed by atoms with van der Waals surface area (Å²) in [5, 5.41) is 8.81. The van der Waals surface area contributed by atoms with Crippen molar-refractivity contribution in [2.45, 2.75) is 5.75 Å². The second-order valence-corrected chi connectivity index (χ2v) is 4.35. The summed E-state index contributed by atoms with van der Waals surface area (Å²) in [6, 6.07) is 4.65. The Balaban J connectivity index is 2.98. The van der Waals surface area contributed by atoms with E-state index in [4.69, 9.17) is 16.7 Å². The third kappa shape index (κ3) is 4.57. The lowest BCUT2D eigenvalue weighted by Gasteiger charge is -2.06. The van der Waals surface area contributed by atoms with Crippen molar-refractivity contribution in [2.24, 2.45) is 0 Å². The van der Waals surface area contributed by atoms with Gasteiger partial charge >= 0.3 is 5.97 Å². The van der Waals surface area contributed by atoms with Gasteiger partial charge in [-0.15, -0.1) is 0 Å². The van der Waals surface area contributed by atoms with Crippen LogP contribution in [0.1, 0.15) is 11.1 Å². The maximum atomic E-state index is 10.5. The molecule has 0 aliphatic carbocycles. The first-order chi connectivity index (χ1) is 7.47. The van der Waals surface area contributed by atoms with Crippen LogP contribution in [0.2, 0.25) is 5.02 Å². The van der Waals surface area contributed by atoms with Gasteiger partial charge in [0.2, 0.25) is 0 Å². The number of rotatable bonds is 4. The molecule has 86 valence electrons. The van der Waals surface area contributed by atoms with Gasteiger partial charge in [-0.3, -0.25) is 4.21 Å². The van der Waals surface area contributed by atoms with Crippen molar-refractivity contribution in [1.82, 2.24) is 0 Å². The zero-order valence-corrected chi connectivity index (χ0v) is 9.62. The number of carboxylic acid groups (broad SMARTS) is 1. The van der Waals surface area contributed by atoms with E-state index in [1.807, 2.05) is 0 Å². The van der Waals surface area contributed by atoms with E-state index < -0.39 is 17.0 Å². The predicted octanol–water partition coefficient (Wildman–Crippen LogP) is 1.82. The Morgan fingerprint density at radius 2 is 2.19 bits per heavy atom. The van der Waals surface area contributed by atoms with Gasteiger partial charge in [0.15, 0.2) is 0 Å². The van der Waals surface area contributed by atoms with E-state index in [1.165, 1.54) is 12.1 Å². The van der Waals surface area contributed by atoms with Crippen molar-refractivity contribution >= 4 is 34.7 Å². The summed E-state index contributed by atoms with van der Waals surface area (Å²) >= 11 is 3.57. The molecule has 0 radical (unpaired) electrons. The van der Waals surface area contributed by atoms with Crippen LogP contribution in [0.3, 0.4) is 0 Å². The molecule has 1 aromatic carbocycles. The molecule has 0 fully saturated rings. The second-order valence-electron chi connectivity index (χ2n) is 3.01. The fraction of sp³-hybridized carbons (Fsp3) is 0.100. The number of aliphatic carboxylic acids is 1. The summed E-state index contributed by atoms with van der Waals surface area (Å²) in [4.78, 5) is 10.3. The van der Waals surface area contributed by atoms with Crippen molar-refractivity contribution in [3.05, 3.63) is 40.4 Å². The molecular weight excluding hydrogens is 252 g/mol. The lowest BCUT2D eigenvalue weighted by Crippen LogP contribution is -1.94. The van der Waals surface area contributed by atoms with E-state index in [9.17, 15) is 13.6 Å². The van der Waals surface area contributed by atoms with E-state index in [0.717, 1.165) is 6.08 Å².